The predicted molar refractivity (Wildman–Crippen MR) is 132 cm³/mol. The summed E-state index contributed by atoms with van der Waals surface area (Å²) in [5, 5.41) is 0. The lowest BCUT2D eigenvalue weighted by atomic mass is 9.99. The van der Waals surface area contributed by atoms with Crippen LogP contribution in [0.2, 0.25) is 0 Å². The molecule has 0 bridgehead atoms. The number of aryl methyl sites for hydroxylation is 1. The molecule has 0 spiro atoms. The van der Waals surface area contributed by atoms with Crippen molar-refractivity contribution in [2.24, 2.45) is 0 Å². The number of unbranched alkanes of at least 4 members (excludes halogenated alkanes) is 7. The van der Waals surface area contributed by atoms with Crippen molar-refractivity contribution in [1.82, 2.24) is 0 Å². The fourth-order valence-electron chi connectivity index (χ4n) is 4.39. The first-order valence-corrected chi connectivity index (χ1v) is 12.7. The molecule has 2 aromatic rings. The van der Waals surface area contributed by atoms with Crippen molar-refractivity contribution in [3.63, 3.8) is 0 Å². The van der Waals surface area contributed by atoms with E-state index in [1.807, 2.05) is 0 Å². The third-order valence-corrected chi connectivity index (χ3v) is 6.48. The SMILES string of the molecule is CCCCCCCc1ccc(-c2ccc(C3COC(CCCCCC)CO3)cc2)cc1. The van der Waals surface area contributed by atoms with Crippen LogP contribution in [0.25, 0.3) is 11.1 Å². The van der Waals surface area contributed by atoms with Crippen LogP contribution in [0.15, 0.2) is 48.5 Å². The fourth-order valence-corrected chi connectivity index (χ4v) is 4.39. The van der Waals surface area contributed by atoms with Gasteiger partial charge in [-0.15, -0.1) is 0 Å². The Morgan fingerprint density at radius 3 is 1.87 bits per heavy atom. The molecule has 0 aliphatic carbocycles. The molecule has 2 atom stereocenters. The maximum absolute atomic E-state index is 6.13. The van der Waals surface area contributed by atoms with Crippen LogP contribution in [-0.2, 0) is 15.9 Å². The number of ether oxygens (including phenoxy) is 2. The Bertz CT molecular complexity index is 711. The second-order valence-electron chi connectivity index (χ2n) is 9.11. The van der Waals surface area contributed by atoms with Crippen molar-refractivity contribution >= 4 is 0 Å². The second-order valence-corrected chi connectivity index (χ2v) is 9.11. The quantitative estimate of drug-likeness (QED) is 0.302. The first kappa shape index (κ1) is 24.0. The third-order valence-electron chi connectivity index (χ3n) is 6.48. The summed E-state index contributed by atoms with van der Waals surface area (Å²) in [5.74, 6) is 0. The molecule has 3 rings (SSSR count). The van der Waals surface area contributed by atoms with Gasteiger partial charge in [-0.2, -0.15) is 0 Å². The predicted octanol–water partition coefficient (Wildman–Crippen LogP) is 8.29. The summed E-state index contributed by atoms with van der Waals surface area (Å²) < 4.78 is 12.2. The monoisotopic (exact) mass is 422 g/mol. The van der Waals surface area contributed by atoms with Gasteiger partial charge in [0.1, 0.15) is 6.10 Å². The second kappa shape index (κ2) is 13.7. The Hall–Kier alpha value is -1.64. The summed E-state index contributed by atoms with van der Waals surface area (Å²) in [5.41, 5.74) is 5.23. The minimum Gasteiger partial charge on any atom is -0.373 e. The van der Waals surface area contributed by atoms with E-state index in [-0.39, 0.29) is 12.2 Å². The molecule has 1 aliphatic heterocycles. The van der Waals surface area contributed by atoms with Gasteiger partial charge in [-0.3, -0.25) is 0 Å². The molecule has 0 amide bonds. The highest BCUT2D eigenvalue weighted by atomic mass is 16.6. The van der Waals surface area contributed by atoms with Crippen LogP contribution in [-0.4, -0.2) is 19.3 Å². The van der Waals surface area contributed by atoms with Crippen molar-refractivity contribution in [2.75, 3.05) is 13.2 Å². The molecule has 31 heavy (non-hydrogen) atoms. The van der Waals surface area contributed by atoms with E-state index in [9.17, 15) is 0 Å². The van der Waals surface area contributed by atoms with E-state index in [0.29, 0.717) is 6.61 Å². The molecule has 1 heterocycles. The van der Waals surface area contributed by atoms with Gasteiger partial charge in [0.05, 0.1) is 19.3 Å². The molecule has 2 unspecified atom stereocenters. The molecule has 0 radical (unpaired) electrons. The van der Waals surface area contributed by atoms with E-state index in [0.717, 1.165) is 13.0 Å². The first-order valence-electron chi connectivity index (χ1n) is 12.7. The van der Waals surface area contributed by atoms with Crippen molar-refractivity contribution in [3.05, 3.63) is 59.7 Å². The van der Waals surface area contributed by atoms with Gasteiger partial charge in [-0.05, 0) is 41.5 Å². The smallest absolute Gasteiger partial charge is 0.106 e. The number of hydrogen-bond donors (Lipinski definition) is 0. The summed E-state index contributed by atoms with van der Waals surface area (Å²) in [6.45, 7) is 5.91. The van der Waals surface area contributed by atoms with E-state index < -0.39 is 0 Å². The molecule has 2 nitrogen and oxygen atoms in total. The van der Waals surface area contributed by atoms with E-state index in [1.165, 1.54) is 86.5 Å². The highest BCUT2D eigenvalue weighted by Crippen LogP contribution is 2.28. The Kier molecular flexibility index (Phi) is 10.6. The van der Waals surface area contributed by atoms with Crippen molar-refractivity contribution in [1.29, 1.82) is 0 Å². The largest absolute Gasteiger partial charge is 0.373 e. The van der Waals surface area contributed by atoms with Gasteiger partial charge in [0, 0.05) is 0 Å². The lowest BCUT2D eigenvalue weighted by Crippen LogP contribution is -2.31. The van der Waals surface area contributed by atoms with Crippen LogP contribution < -0.4 is 0 Å². The van der Waals surface area contributed by atoms with Gasteiger partial charge < -0.3 is 9.47 Å². The van der Waals surface area contributed by atoms with Crippen LogP contribution in [0.1, 0.15) is 95.3 Å². The van der Waals surface area contributed by atoms with Gasteiger partial charge in [-0.25, -0.2) is 0 Å². The highest BCUT2D eigenvalue weighted by Gasteiger charge is 2.23. The molecular weight excluding hydrogens is 380 g/mol. The molecule has 1 fully saturated rings. The molecule has 0 aromatic heterocycles. The Balaban J connectivity index is 1.44. The van der Waals surface area contributed by atoms with Crippen LogP contribution in [0.5, 0.6) is 0 Å². The first-order chi connectivity index (χ1) is 15.3. The molecule has 0 N–H and O–H groups in total. The zero-order chi connectivity index (χ0) is 21.7. The molecule has 1 saturated heterocycles. The van der Waals surface area contributed by atoms with Crippen LogP contribution in [0, 0.1) is 0 Å². The van der Waals surface area contributed by atoms with E-state index >= 15 is 0 Å². The van der Waals surface area contributed by atoms with Gasteiger partial charge in [0.15, 0.2) is 0 Å². The van der Waals surface area contributed by atoms with E-state index in [1.54, 1.807) is 0 Å². The Labute approximate surface area is 190 Å². The molecule has 0 saturated carbocycles. The zero-order valence-electron chi connectivity index (χ0n) is 19.8. The van der Waals surface area contributed by atoms with Crippen LogP contribution in [0.4, 0.5) is 0 Å². The van der Waals surface area contributed by atoms with E-state index in [2.05, 4.69) is 62.4 Å². The van der Waals surface area contributed by atoms with Gasteiger partial charge in [0.2, 0.25) is 0 Å². The van der Waals surface area contributed by atoms with Crippen LogP contribution in [0.3, 0.4) is 0 Å². The van der Waals surface area contributed by atoms with E-state index in [4.69, 9.17) is 9.47 Å². The van der Waals surface area contributed by atoms with Gasteiger partial charge in [-0.1, -0.05) is 114 Å². The Morgan fingerprint density at radius 1 is 0.645 bits per heavy atom. The average Bonchev–Trinajstić information content (AvgIpc) is 2.83. The fraction of sp³-hybridized carbons (Fsp3) is 0.586. The summed E-state index contributed by atoms with van der Waals surface area (Å²) in [7, 11) is 0. The van der Waals surface area contributed by atoms with Gasteiger partial charge >= 0.3 is 0 Å². The maximum Gasteiger partial charge on any atom is 0.106 e. The summed E-state index contributed by atoms with van der Waals surface area (Å²) in [6, 6.07) is 18.0. The minimum atomic E-state index is 0.0658. The normalized spacial score (nSPS) is 18.9. The summed E-state index contributed by atoms with van der Waals surface area (Å²) in [4.78, 5) is 0. The van der Waals surface area contributed by atoms with Crippen molar-refractivity contribution in [3.8, 4) is 11.1 Å². The molecule has 170 valence electrons. The minimum absolute atomic E-state index is 0.0658. The molecule has 1 aliphatic rings. The summed E-state index contributed by atoms with van der Waals surface area (Å²) in [6.07, 6.45) is 14.5. The van der Waals surface area contributed by atoms with Crippen molar-refractivity contribution in [2.45, 2.75) is 96.7 Å². The maximum atomic E-state index is 6.13. The highest BCUT2D eigenvalue weighted by molar-refractivity contribution is 5.64. The number of benzene rings is 2. The topological polar surface area (TPSA) is 18.5 Å². The molecule has 2 heteroatoms. The van der Waals surface area contributed by atoms with Gasteiger partial charge in [0.25, 0.3) is 0 Å². The number of rotatable bonds is 13. The number of hydrogen-bond acceptors (Lipinski definition) is 2. The molecular formula is C29H42O2. The Morgan fingerprint density at radius 2 is 1.26 bits per heavy atom. The lowest BCUT2D eigenvalue weighted by Gasteiger charge is -2.30. The van der Waals surface area contributed by atoms with Crippen molar-refractivity contribution < 1.29 is 9.47 Å². The zero-order valence-corrected chi connectivity index (χ0v) is 19.8. The summed E-state index contributed by atoms with van der Waals surface area (Å²) >= 11 is 0. The average molecular weight is 423 g/mol. The van der Waals surface area contributed by atoms with Crippen LogP contribution >= 0.6 is 0 Å². The lowest BCUT2D eigenvalue weighted by molar-refractivity contribution is -0.137. The molecule has 2 aromatic carbocycles. The third kappa shape index (κ3) is 8.09. The standard InChI is InChI=1S/C29H42O2/c1-3-5-7-9-10-12-24-14-16-25(17-15-24)26-18-20-27(21-19-26)29-23-30-28(22-31-29)13-11-8-6-4-2/h14-21,28-29H,3-13,22-23H2,1-2H3.